The zero-order chi connectivity index (χ0) is 9.97. The van der Waals surface area contributed by atoms with Crippen molar-refractivity contribution in [3.8, 4) is 11.3 Å². The summed E-state index contributed by atoms with van der Waals surface area (Å²) >= 11 is 3.37. The van der Waals surface area contributed by atoms with Crippen molar-refractivity contribution in [1.29, 1.82) is 0 Å². The summed E-state index contributed by atoms with van der Waals surface area (Å²) in [5.74, 6) is 0. The van der Waals surface area contributed by atoms with Crippen LogP contribution in [0.2, 0.25) is 0 Å². The van der Waals surface area contributed by atoms with Crippen molar-refractivity contribution in [2.45, 2.75) is 6.92 Å². The van der Waals surface area contributed by atoms with Crippen LogP contribution in [0.15, 0.2) is 47.1 Å². The smallest absolute Gasteiger partial charge is 0.0705 e. The van der Waals surface area contributed by atoms with Crippen molar-refractivity contribution in [1.82, 2.24) is 4.98 Å². The second kappa shape index (κ2) is 3.93. The first-order valence-electron chi connectivity index (χ1n) is 4.45. The third kappa shape index (κ3) is 1.85. The molecule has 0 atom stereocenters. The number of aryl methyl sites for hydroxylation is 1. The Morgan fingerprint density at radius 1 is 1.07 bits per heavy atom. The number of benzene rings is 1. The monoisotopic (exact) mass is 247 g/mol. The van der Waals surface area contributed by atoms with E-state index in [2.05, 4.69) is 40.0 Å². The predicted octanol–water partition coefficient (Wildman–Crippen LogP) is 3.82. The molecule has 0 N–H and O–H groups in total. The largest absolute Gasteiger partial charge is 0.255 e. The van der Waals surface area contributed by atoms with E-state index in [0.717, 1.165) is 10.2 Å². The lowest BCUT2D eigenvalue weighted by Crippen LogP contribution is -1.85. The third-order valence-corrected chi connectivity index (χ3v) is 2.62. The highest BCUT2D eigenvalue weighted by atomic mass is 79.9. The molecule has 2 aromatic rings. The van der Waals surface area contributed by atoms with E-state index in [1.807, 2.05) is 30.5 Å². The second-order valence-corrected chi connectivity index (χ2v) is 4.09. The summed E-state index contributed by atoms with van der Waals surface area (Å²) < 4.78 is 1.01. The lowest BCUT2D eigenvalue weighted by molar-refractivity contribution is 1.29. The van der Waals surface area contributed by atoms with Gasteiger partial charge in [0.2, 0.25) is 0 Å². The summed E-state index contributed by atoms with van der Waals surface area (Å²) in [6.07, 6.45) is 1.82. The average Bonchev–Trinajstić information content (AvgIpc) is 2.20. The Balaban J connectivity index is 2.50. The maximum Gasteiger partial charge on any atom is 0.0705 e. The molecule has 1 aromatic carbocycles. The van der Waals surface area contributed by atoms with Gasteiger partial charge in [-0.05, 0) is 40.5 Å². The molecule has 2 heteroatoms. The van der Waals surface area contributed by atoms with E-state index in [1.165, 1.54) is 11.1 Å². The number of pyridine rings is 1. The Labute approximate surface area is 91.9 Å². The molecule has 0 aliphatic heterocycles. The summed E-state index contributed by atoms with van der Waals surface area (Å²) in [6.45, 7) is 2.10. The van der Waals surface area contributed by atoms with Crippen LogP contribution in [-0.2, 0) is 0 Å². The Morgan fingerprint density at radius 3 is 2.50 bits per heavy atom. The lowest BCUT2D eigenvalue weighted by atomic mass is 10.1. The molecule has 0 fully saturated rings. The summed E-state index contributed by atoms with van der Waals surface area (Å²) in [6, 6.07) is 12.3. The number of nitrogens with zero attached hydrogens (tertiary/aromatic N) is 1. The summed E-state index contributed by atoms with van der Waals surface area (Å²) in [5, 5.41) is 0. The molecule has 0 unspecified atom stereocenters. The van der Waals surface area contributed by atoms with Crippen molar-refractivity contribution < 1.29 is 0 Å². The van der Waals surface area contributed by atoms with Crippen LogP contribution in [0.5, 0.6) is 0 Å². The predicted molar refractivity (Wildman–Crippen MR) is 62.1 cm³/mol. The summed E-state index contributed by atoms with van der Waals surface area (Å²) in [5.41, 5.74) is 3.47. The average molecular weight is 248 g/mol. The first-order chi connectivity index (χ1) is 6.77. The van der Waals surface area contributed by atoms with Crippen LogP contribution in [0.25, 0.3) is 11.3 Å². The van der Waals surface area contributed by atoms with E-state index < -0.39 is 0 Å². The minimum Gasteiger partial charge on any atom is -0.255 e. The molecule has 2 rings (SSSR count). The normalized spacial score (nSPS) is 10.1. The highest BCUT2D eigenvalue weighted by molar-refractivity contribution is 9.10. The van der Waals surface area contributed by atoms with E-state index in [9.17, 15) is 0 Å². The van der Waals surface area contributed by atoms with Crippen molar-refractivity contribution in [2.75, 3.05) is 0 Å². The van der Waals surface area contributed by atoms with Crippen LogP contribution < -0.4 is 0 Å². The maximum atomic E-state index is 4.36. The molecule has 0 aliphatic rings. The zero-order valence-corrected chi connectivity index (χ0v) is 9.45. The topological polar surface area (TPSA) is 12.9 Å². The molecule has 1 nitrogen and oxygen atoms in total. The molecule has 0 aliphatic carbocycles. The molecule has 0 amide bonds. The van der Waals surface area contributed by atoms with Crippen molar-refractivity contribution >= 4 is 15.9 Å². The van der Waals surface area contributed by atoms with Gasteiger partial charge in [-0.3, -0.25) is 4.98 Å². The minimum atomic E-state index is 1.01. The van der Waals surface area contributed by atoms with Crippen molar-refractivity contribution in [3.63, 3.8) is 0 Å². The fourth-order valence-electron chi connectivity index (χ4n) is 1.40. The molecule has 0 spiro atoms. The number of hydrogen-bond donors (Lipinski definition) is 0. The molecule has 1 heterocycles. The third-order valence-electron chi connectivity index (χ3n) is 2.15. The van der Waals surface area contributed by atoms with Crippen LogP contribution in [0, 0.1) is 6.92 Å². The van der Waals surface area contributed by atoms with Gasteiger partial charge in [0.1, 0.15) is 0 Å². The fraction of sp³-hybridized carbons (Fsp3) is 0.0833. The number of halogens is 1. The van der Waals surface area contributed by atoms with Crippen molar-refractivity contribution in [3.05, 3.63) is 52.6 Å². The molecule has 70 valence electrons. The Morgan fingerprint density at radius 2 is 1.86 bits per heavy atom. The number of aromatic nitrogens is 1. The molecular weight excluding hydrogens is 238 g/mol. The van der Waals surface area contributed by atoms with Gasteiger partial charge in [-0.1, -0.05) is 24.3 Å². The van der Waals surface area contributed by atoms with Crippen LogP contribution in [0.1, 0.15) is 5.56 Å². The van der Waals surface area contributed by atoms with Crippen LogP contribution in [0.4, 0.5) is 0 Å². The summed E-state index contributed by atoms with van der Waals surface area (Å²) in [4.78, 5) is 4.36. The first kappa shape index (κ1) is 9.41. The first-order valence-corrected chi connectivity index (χ1v) is 5.24. The van der Waals surface area contributed by atoms with Crippen LogP contribution >= 0.6 is 15.9 Å². The molecule has 0 radical (unpaired) electrons. The van der Waals surface area contributed by atoms with Crippen molar-refractivity contribution in [2.24, 2.45) is 0 Å². The van der Waals surface area contributed by atoms with Gasteiger partial charge in [0, 0.05) is 16.2 Å². The van der Waals surface area contributed by atoms with Crippen LogP contribution in [-0.4, -0.2) is 4.98 Å². The fourth-order valence-corrected chi connectivity index (χ4v) is 1.63. The maximum absolute atomic E-state index is 4.36. The van der Waals surface area contributed by atoms with Gasteiger partial charge in [-0.2, -0.15) is 0 Å². The van der Waals surface area contributed by atoms with E-state index >= 15 is 0 Å². The highest BCUT2D eigenvalue weighted by Gasteiger charge is 2.00. The number of hydrogen-bond acceptors (Lipinski definition) is 1. The van der Waals surface area contributed by atoms with Gasteiger partial charge in [0.15, 0.2) is 0 Å². The number of rotatable bonds is 1. The van der Waals surface area contributed by atoms with Gasteiger partial charge in [0.25, 0.3) is 0 Å². The standard InChI is InChI=1S/C12H10BrN/c1-9-4-2-3-5-11(9)12-7-6-10(13)8-14-12/h2-8H,1H3. The molecule has 0 saturated heterocycles. The van der Waals surface area contributed by atoms with Crippen LogP contribution in [0.3, 0.4) is 0 Å². The SMILES string of the molecule is Cc1ccccc1-c1ccc(Br)cn1. The Bertz CT molecular complexity index is 434. The summed E-state index contributed by atoms with van der Waals surface area (Å²) in [7, 11) is 0. The molecule has 0 bridgehead atoms. The minimum absolute atomic E-state index is 1.01. The zero-order valence-electron chi connectivity index (χ0n) is 7.87. The molecule has 1 aromatic heterocycles. The van der Waals surface area contributed by atoms with Gasteiger partial charge in [0.05, 0.1) is 5.69 Å². The quantitative estimate of drug-likeness (QED) is 0.747. The van der Waals surface area contributed by atoms with E-state index in [-0.39, 0.29) is 0 Å². The van der Waals surface area contributed by atoms with Gasteiger partial charge in [-0.15, -0.1) is 0 Å². The Hall–Kier alpha value is -1.15. The molecule has 14 heavy (non-hydrogen) atoms. The lowest BCUT2D eigenvalue weighted by Gasteiger charge is -2.03. The Kier molecular flexibility index (Phi) is 2.64. The van der Waals surface area contributed by atoms with Gasteiger partial charge >= 0.3 is 0 Å². The van der Waals surface area contributed by atoms with E-state index in [0.29, 0.717) is 0 Å². The molecular formula is C12H10BrN. The van der Waals surface area contributed by atoms with E-state index in [4.69, 9.17) is 0 Å². The van der Waals surface area contributed by atoms with E-state index in [1.54, 1.807) is 0 Å². The second-order valence-electron chi connectivity index (χ2n) is 3.18. The van der Waals surface area contributed by atoms with Gasteiger partial charge in [-0.25, -0.2) is 0 Å². The molecule has 0 saturated carbocycles. The highest BCUT2D eigenvalue weighted by Crippen LogP contribution is 2.21. The van der Waals surface area contributed by atoms with Gasteiger partial charge < -0.3 is 0 Å².